The molecule has 0 saturated heterocycles. The maximum Gasteiger partial charge on any atom is 0.331 e. The number of hydrogen-bond donors (Lipinski definition) is 1. The second kappa shape index (κ2) is 10.4. The smallest absolute Gasteiger partial charge is 0.331 e. The topological polar surface area (TPSA) is 109 Å². The molecular weight excluding hydrogens is 541 g/mol. The van der Waals surface area contributed by atoms with Gasteiger partial charge in [-0.3, -0.25) is 23.5 Å². The van der Waals surface area contributed by atoms with E-state index in [2.05, 4.69) is 5.32 Å². The Bertz CT molecular complexity index is 1660. The number of nitrogens with zero attached hydrogens (tertiary/aromatic N) is 2. The van der Waals surface area contributed by atoms with Gasteiger partial charge in [0.15, 0.2) is 17.3 Å². The van der Waals surface area contributed by atoms with Crippen molar-refractivity contribution in [1.29, 1.82) is 0 Å². The molecule has 0 fully saturated rings. The van der Waals surface area contributed by atoms with E-state index in [-0.39, 0.29) is 55.1 Å². The maximum absolute atomic E-state index is 13.3. The quantitative estimate of drug-likeness (QED) is 0.328. The van der Waals surface area contributed by atoms with E-state index in [9.17, 15) is 19.2 Å². The Morgan fingerprint density at radius 2 is 1.78 bits per heavy atom. The van der Waals surface area contributed by atoms with Gasteiger partial charge in [-0.1, -0.05) is 29.3 Å². The van der Waals surface area contributed by atoms with Gasteiger partial charge in [0, 0.05) is 25.1 Å². The molecule has 0 saturated carbocycles. The fourth-order valence-corrected chi connectivity index (χ4v) is 5.08. The SMILES string of the molecule is O=C(CCn1c(=O)c2sccc2n(CC(=O)c2ccc(Cl)c(Cl)c2)c1=O)NCc1ccc2c(c1)OCO2. The number of nitrogens with one attached hydrogen (secondary N) is 1. The lowest BCUT2D eigenvalue weighted by Gasteiger charge is -2.12. The third-order valence-corrected chi connectivity index (χ3v) is 7.50. The molecule has 37 heavy (non-hydrogen) atoms. The maximum atomic E-state index is 13.3. The van der Waals surface area contributed by atoms with E-state index in [0.29, 0.717) is 26.7 Å². The van der Waals surface area contributed by atoms with E-state index in [1.807, 2.05) is 6.07 Å². The zero-order valence-electron chi connectivity index (χ0n) is 19.2. The van der Waals surface area contributed by atoms with Crippen molar-refractivity contribution in [3.63, 3.8) is 0 Å². The molecule has 12 heteroatoms. The summed E-state index contributed by atoms with van der Waals surface area (Å²) < 4.78 is 13.2. The van der Waals surface area contributed by atoms with Crippen LogP contribution in [0.5, 0.6) is 11.5 Å². The third-order valence-electron chi connectivity index (χ3n) is 5.87. The number of thiophene rings is 1. The highest BCUT2D eigenvalue weighted by molar-refractivity contribution is 7.17. The number of rotatable bonds is 8. The molecule has 0 aliphatic carbocycles. The Balaban J connectivity index is 1.32. The number of hydrogen-bond acceptors (Lipinski definition) is 7. The van der Waals surface area contributed by atoms with Crippen molar-refractivity contribution in [1.82, 2.24) is 14.5 Å². The predicted octanol–water partition coefficient (Wildman–Crippen LogP) is 3.85. The Kier molecular flexibility index (Phi) is 7.05. The second-order valence-electron chi connectivity index (χ2n) is 8.23. The highest BCUT2D eigenvalue weighted by atomic mass is 35.5. The molecule has 1 amide bonds. The first-order valence-electron chi connectivity index (χ1n) is 11.2. The van der Waals surface area contributed by atoms with Gasteiger partial charge in [0.25, 0.3) is 5.56 Å². The van der Waals surface area contributed by atoms with Crippen LogP contribution in [0.15, 0.2) is 57.4 Å². The third kappa shape index (κ3) is 5.13. The number of aromatic nitrogens is 2. The van der Waals surface area contributed by atoms with Crippen LogP contribution in [-0.2, 0) is 24.4 Å². The molecule has 0 radical (unpaired) electrons. The van der Waals surface area contributed by atoms with Crippen LogP contribution in [-0.4, -0.2) is 27.6 Å². The molecule has 1 N–H and O–H groups in total. The molecule has 9 nitrogen and oxygen atoms in total. The minimum atomic E-state index is -0.673. The summed E-state index contributed by atoms with van der Waals surface area (Å²) in [5.41, 5.74) is 0.282. The predicted molar refractivity (Wildman–Crippen MR) is 140 cm³/mol. The Hall–Kier alpha value is -3.60. The molecule has 0 bridgehead atoms. The molecule has 2 aromatic heterocycles. The van der Waals surface area contributed by atoms with Gasteiger partial charge in [0.2, 0.25) is 12.7 Å². The Morgan fingerprint density at radius 1 is 0.973 bits per heavy atom. The first-order valence-corrected chi connectivity index (χ1v) is 12.8. The van der Waals surface area contributed by atoms with Gasteiger partial charge in [-0.05, 0) is 47.3 Å². The molecule has 4 aromatic rings. The van der Waals surface area contributed by atoms with E-state index in [1.54, 1.807) is 23.6 Å². The number of benzene rings is 2. The van der Waals surface area contributed by atoms with Crippen molar-refractivity contribution in [2.24, 2.45) is 0 Å². The van der Waals surface area contributed by atoms with Crippen molar-refractivity contribution >= 4 is 56.4 Å². The molecule has 190 valence electrons. The Labute approximate surface area is 223 Å². The number of ketones is 1. The van der Waals surface area contributed by atoms with Crippen molar-refractivity contribution < 1.29 is 19.1 Å². The van der Waals surface area contributed by atoms with E-state index in [0.717, 1.165) is 21.5 Å². The summed E-state index contributed by atoms with van der Waals surface area (Å²) in [5.74, 6) is 0.541. The normalized spacial score (nSPS) is 12.2. The van der Waals surface area contributed by atoms with Gasteiger partial charge in [0.05, 0.1) is 22.1 Å². The fraction of sp³-hybridized carbons (Fsp3) is 0.200. The van der Waals surface area contributed by atoms with Gasteiger partial charge in [-0.2, -0.15) is 0 Å². The van der Waals surface area contributed by atoms with Crippen molar-refractivity contribution in [2.75, 3.05) is 6.79 Å². The standard InChI is InChI=1S/C25H19Cl2N3O6S/c26-16-3-2-15(10-17(16)27)19(31)12-30-18-6-8-37-23(18)24(33)29(25(30)34)7-5-22(32)28-11-14-1-4-20-21(9-14)36-13-35-20/h1-4,6,8-10H,5,7,11-13H2,(H,28,32). The number of carbonyl (C=O) groups is 2. The summed E-state index contributed by atoms with van der Waals surface area (Å²) in [7, 11) is 0. The van der Waals surface area contributed by atoms with Gasteiger partial charge >= 0.3 is 5.69 Å². The van der Waals surface area contributed by atoms with E-state index < -0.39 is 11.2 Å². The monoisotopic (exact) mass is 559 g/mol. The molecule has 3 heterocycles. The van der Waals surface area contributed by atoms with Gasteiger partial charge in [-0.25, -0.2) is 4.79 Å². The second-order valence-corrected chi connectivity index (χ2v) is 9.96. The van der Waals surface area contributed by atoms with Gasteiger partial charge in [0.1, 0.15) is 4.70 Å². The number of carbonyl (C=O) groups excluding carboxylic acids is 2. The number of amides is 1. The summed E-state index contributed by atoms with van der Waals surface area (Å²) in [6.45, 7) is -0.0399. The van der Waals surface area contributed by atoms with Crippen LogP contribution in [0.1, 0.15) is 22.3 Å². The van der Waals surface area contributed by atoms with Crippen molar-refractivity contribution in [3.05, 3.63) is 89.9 Å². The van der Waals surface area contributed by atoms with E-state index >= 15 is 0 Å². The van der Waals surface area contributed by atoms with Crippen molar-refractivity contribution in [3.8, 4) is 11.5 Å². The first-order chi connectivity index (χ1) is 17.8. The lowest BCUT2D eigenvalue weighted by Crippen LogP contribution is -2.41. The lowest BCUT2D eigenvalue weighted by atomic mass is 10.1. The molecule has 0 unspecified atom stereocenters. The van der Waals surface area contributed by atoms with Gasteiger partial charge < -0.3 is 14.8 Å². The number of fused-ring (bicyclic) bond motifs is 2. The van der Waals surface area contributed by atoms with E-state index in [1.165, 1.54) is 22.8 Å². The fourth-order valence-electron chi connectivity index (χ4n) is 3.94. The zero-order valence-corrected chi connectivity index (χ0v) is 21.5. The van der Waals surface area contributed by atoms with Crippen LogP contribution in [0, 0.1) is 0 Å². The van der Waals surface area contributed by atoms with Crippen molar-refractivity contribution in [2.45, 2.75) is 26.1 Å². The minimum absolute atomic E-state index is 0.0999. The van der Waals surface area contributed by atoms with Crippen LogP contribution < -0.4 is 26.0 Å². The summed E-state index contributed by atoms with van der Waals surface area (Å²) >= 11 is 13.1. The average Bonchev–Trinajstić information content (AvgIpc) is 3.56. The summed E-state index contributed by atoms with van der Waals surface area (Å²) in [4.78, 5) is 51.7. The molecule has 2 aromatic carbocycles. The van der Waals surface area contributed by atoms with Crippen LogP contribution >= 0.6 is 34.5 Å². The number of Topliss-reactive ketones (excluding diaryl/α,β-unsaturated/α-hetero) is 1. The highest BCUT2D eigenvalue weighted by Gasteiger charge is 2.19. The largest absolute Gasteiger partial charge is 0.454 e. The average molecular weight is 560 g/mol. The lowest BCUT2D eigenvalue weighted by molar-refractivity contribution is -0.121. The van der Waals surface area contributed by atoms with E-state index in [4.69, 9.17) is 32.7 Å². The van der Waals surface area contributed by atoms with Crippen LogP contribution in [0.4, 0.5) is 0 Å². The number of ether oxygens (including phenoxy) is 2. The van der Waals surface area contributed by atoms with Crippen LogP contribution in [0.25, 0.3) is 10.2 Å². The number of halogens is 2. The molecule has 0 spiro atoms. The van der Waals surface area contributed by atoms with Gasteiger partial charge in [-0.15, -0.1) is 11.3 Å². The summed E-state index contributed by atoms with van der Waals surface area (Å²) in [5, 5.41) is 4.98. The molecule has 0 atom stereocenters. The summed E-state index contributed by atoms with van der Waals surface area (Å²) in [6.07, 6.45) is -0.0999. The molecule has 1 aliphatic rings. The zero-order chi connectivity index (χ0) is 26.1. The molecule has 5 rings (SSSR count). The van der Waals surface area contributed by atoms with Crippen LogP contribution in [0.3, 0.4) is 0 Å². The molecule has 1 aliphatic heterocycles. The molecular formula is C25H19Cl2N3O6S. The minimum Gasteiger partial charge on any atom is -0.454 e. The highest BCUT2D eigenvalue weighted by Crippen LogP contribution is 2.32. The summed E-state index contributed by atoms with van der Waals surface area (Å²) in [6, 6.07) is 11.4. The Morgan fingerprint density at radius 3 is 2.59 bits per heavy atom. The van der Waals surface area contributed by atoms with Crippen LogP contribution in [0.2, 0.25) is 10.0 Å². The first kappa shape index (κ1) is 25.1.